The summed E-state index contributed by atoms with van der Waals surface area (Å²) in [7, 11) is -2.27. The number of rotatable bonds is 8. The Balaban J connectivity index is 1.36. The third-order valence-corrected chi connectivity index (χ3v) is 9.17. The summed E-state index contributed by atoms with van der Waals surface area (Å²) < 4.78 is 34.3. The molecule has 220 valence electrons. The number of esters is 1. The van der Waals surface area contributed by atoms with Crippen LogP contribution in [0, 0.1) is 0 Å². The van der Waals surface area contributed by atoms with Crippen molar-refractivity contribution in [3.05, 3.63) is 98.7 Å². The molecule has 2 N–H and O–H groups in total. The molecule has 1 amide bonds. The van der Waals surface area contributed by atoms with E-state index in [1.165, 1.54) is 19.2 Å². The first kappa shape index (κ1) is 30.1. The molecule has 0 saturated heterocycles. The van der Waals surface area contributed by atoms with Crippen LogP contribution in [0.1, 0.15) is 38.8 Å². The Kier molecular flexibility index (Phi) is 8.63. The van der Waals surface area contributed by atoms with Crippen LogP contribution in [0.25, 0.3) is 11.0 Å². The molecule has 0 aliphatic carbocycles. The zero-order valence-electron chi connectivity index (χ0n) is 22.8. The monoisotopic (exact) mass is 630 g/mol. The minimum atomic E-state index is -3.47. The Hall–Kier alpha value is -3.41. The number of aliphatic hydroxyl groups excluding tert-OH is 1. The van der Waals surface area contributed by atoms with Crippen LogP contribution in [-0.4, -0.2) is 56.3 Å². The van der Waals surface area contributed by atoms with Crippen molar-refractivity contribution in [2.24, 2.45) is 0 Å². The van der Waals surface area contributed by atoms with Crippen LogP contribution in [-0.2, 0) is 38.8 Å². The van der Waals surface area contributed by atoms with Gasteiger partial charge in [-0.2, -0.15) is 0 Å². The van der Waals surface area contributed by atoms with Crippen LogP contribution in [0.5, 0.6) is 0 Å². The number of methoxy groups -OCH3 is 1. The van der Waals surface area contributed by atoms with Gasteiger partial charge in [0.05, 0.1) is 33.9 Å². The largest absolute Gasteiger partial charge is 0.467 e. The first-order valence-corrected chi connectivity index (χ1v) is 15.7. The van der Waals surface area contributed by atoms with Gasteiger partial charge in [0.15, 0.2) is 9.84 Å². The van der Waals surface area contributed by atoms with E-state index in [4.69, 9.17) is 32.4 Å². The zero-order chi connectivity index (χ0) is 30.2. The number of halogens is 2. The summed E-state index contributed by atoms with van der Waals surface area (Å²) >= 11 is 13.3. The van der Waals surface area contributed by atoms with Gasteiger partial charge in [-0.05, 0) is 59.0 Å². The fourth-order valence-corrected chi connectivity index (χ4v) is 6.59. The molecule has 1 aromatic heterocycles. The molecule has 1 unspecified atom stereocenters. The van der Waals surface area contributed by atoms with Gasteiger partial charge in [-0.3, -0.25) is 9.69 Å². The molecular weight excluding hydrogens is 603 g/mol. The second-order valence-electron chi connectivity index (χ2n) is 10.2. The smallest absolute Gasteiger partial charge is 0.328 e. The first-order valence-electron chi connectivity index (χ1n) is 13.0. The number of nitrogens with one attached hydrogen (secondary N) is 1. The fraction of sp³-hybridized carbons (Fsp3) is 0.267. The van der Waals surface area contributed by atoms with E-state index in [2.05, 4.69) is 5.32 Å². The molecule has 12 heteroatoms. The van der Waals surface area contributed by atoms with Crippen molar-refractivity contribution in [2.75, 3.05) is 19.9 Å². The molecule has 0 fully saturated rings. The highest BCUT2D eigenvalue weighted by Gasteiger charge is 2.30. The number of carbonyl (C=O) groups excluding carboxylic acids is 2. The topological polar surface area (TPSA) is 126 Å². The minimum absolute atomic E-state index is 0.0153. The lowest BCUT2D eigenvalue weighted by Gasteiger charge is -2.33. The normalized spacial score (nSPS) is 15.2. The Morgan fingerprint density at radius 2 is 1.93 bits per heavy atom. The molecule has 2 heterocycles. The van der Waals surface area contributed by atoms with E-state index in [-0.39, 0.29) is 26.9 Å². The number of nitrogens with zero attached hydrogens (tertiary/aromatic N) is 1. The lowest BCUT2D eigenvalue weighted by Crippen LogP contribution is -2.43. The van der Waals surface area contributed by atoms with Crippen molar-refractivity contribution in [1.29, 1.82) is 0 Å². The maximum absolute atomic E-state index is 13.4. The molecule has 0 bridgehead atoms. The Morgan fingerprint density at radius 1 is 1.14 bits per heavy atom. The second-order valence-corrected chi connectivity index (χ2v) is 13.0. The van der Waals surface area contributed by atoms with Gasteiger partial charge in [0.1, 0.15) is 17.9 Å². The molecule has 4 aromatic rings. The summed E-state index contributed by atoms with van der Waals surface area (Å²) in [5.41, 5.74) is 3.40. The second kappa shape index (κ2) is 12.1. The fourth-order valence-electron chi connectivity index (χ4n) is 5.14. The van der Waals surface area contributed by atoms with Crippen molar-refractivity contribution < 1.29 is 32.3 Å². The third kappa shape index (κ3) is 6.18. The molecule has 3 aromatic carbocycles. The highest BCUT2D eigenvalue weighted by atomic mass is 35.5. The SMILES string of the molecule is COC(=O)[C@H](Cc1cccc(S(C)(=O)=O)c1)NC(=O)c1c(Cl)cc2c(c1Cl)CCN(C(O)c1ccc3ccoc3c1)C2. The van der Waals surface area contributed by atoms with Crippen LogP contribution in [0.4, 0.5) is 0 Å². The van der Waals surface area contributed by atoms with Crippen molar-refractivity contribution >= 4 is 55.9 Å². The van der Waals surface area contributed by atoms with E-state index in [0.717, 1.165) is 22.8 Å². The maximum Gasteiger partial charge on any atom is 0.328 e. The number of ether oxygens (including phenoxy) is 1. The molecule has 9 nitrogen and oxygen atoms in total. The number of fused-ring (bicyclic) bond motifs is 2. The molecule has 0 saturated carbocycles. The van der Waals surface area contributed by atoms with Gasteiger partial charge in [-0.15, -0.1) is 0 Å². The highest BCUT2D eigenvalue weighted by molar-refractivity contribution is 7.90. The van der Waals surface area contributed by atoms with E-state index in [9.17, 15) is 23.1 Å². The predicted molar refractivity (Wildman–Crippen MR) is 158 cm³/mol. The van der Waals surface area contributed by atoms with Crippen LogP contribution < -0.4 is 5.32 Å². The van der Waals surface area contributed by atoms with Crippen LogP contribution >= 0.6 is 23.2 Å². The number of amides is 1. The standard InChI is InChI=1S/C30H28Cl2N2O7S/c1-40-30(37)24(13-17-4-3-5-21(12-17)42(2,38)39)33-28(35)26-23(31)14-20-16-34(10-8-22(20)27(26)32)29(36)19-7-6-18-9-11-41-25(18)15-19/h3-7,9,11-12,14-15,24,29,36H,8,10,13,16H2,1-2H3,(H,33,35)/t24-,29?/m0/s1. The first-order chi connectivity index (χ1) is 20.0. The van der Waals surface area contributed by atoms with Crippen LogP contribution in [0.3, 0.4) is 0 Å². The Morgan fingerprint density at radius 3 is 2.67 bits per heavy atom. The lowest BCUT2D eigenvalue weighted by molar-refractivity contribution is -0.142. The van der Waals surface area contributed by atoms with Crippen molar-refractivity contribution in [1.82, 2.24) is 10.2 Å². The summed E-state index contributed by atoms with van der Waals surface area (Å²) in [4.78, 5) is 28.0. The van der Waals surface area contributed by atoms with E-state index in [0.29, 0.717) is 36.2 Å². The molecule has 0 radical (unpaired) electrons. The molecule has 0 spiro atoms. The summed E-state index contributed by atoms with van der Waals surface area (Å²) in [6.07, 6.45) is 2.23. The van der Waals surface area contributed by atoms with Gasteiger partial charge in [-0.25, -0.2) is 13.2 Å². The molecule has 2 atom stereocenters. The third-order valence-electron chi connectivity index (χ3n) is 7.34. The maximum atomic E-state index is 13.4. The minimum Gasteiger partial charge on any atom is -0.467 e. The van der Waals surface area contributed by atoms with E-state index in [1.54, 1.807) is 30.5 Å². The summed E-state index contributed by atoms with van der Waals surface area (Å²) in [6, 6.07) is 14.0. The van der Waals surface area contributed by atoms with Gasteiger partial charge >= 0.3 is 5.97 Å². The summed E-state index contributed by atoms with van der Waals surface area (Å²) in [5.74, 6) is -1.38. The molecule has 1 aliphatic heterocycles. The molecule has 42 heavy (non-hydrogen) atoms. The molecule has 1 aliphatic rings. The highest BCUT2D eigenvalue weighted by Crippen LogP contribution is 2.37. The van der Waals surface area contributed by atoms with E-state index >= 15 is 0 Å². The molecule has 5 rings (SSSR count). The lowest BCUT2D eigenvalue weighted by atomic mass is 9.95. The van der Waals surface area contributed by atoms with Gasteiger partial charge in [0.25, 0.3) is 5.91 Å². The number of aliphatic hydroxyl groups is 1. The summed E-state index contributed by atoms with van der Waals surface area (Å²) in [5, 5.41) is 14.9. The van der Waals surface area contributed by atoms with Crippen molar-refractivity contribution in [2.45, 2.75) is 36.6 Å². The van der Waals surface area contributed by atoms with E-state index < -0.39 is 34.0 Å². The number of carbonyl (C=O) groups is 2. The van der Waals surface area contributed by atoms with Gasteiger partial charge in [-0.1, -0.05) is 47.5 Å². The average molecular weight is 632 g/mol. The number of benzene rings is 3. The average Bonchev–Trinajstić information content (AvgIpc) is 3.43. The van der Waals surface area contributed by atoms with Gasteiger partial charge in [0, 0.05) is 31.2 Å². The van der Waals surface area contributed by atoms with Crippen LogP contribution in [0.2, 0.25) is 10.0 Å². The predicted octanol–water partition coefficient (Wildman–Crippen LogP) is 4.71. The van der Waals surface area contributed by atoms with E-state index in [1.807, 2.05) is 23.1 Å². The van der Waals surface area contributed by atoms with Gasteiger partial charge in [0.2, 0.25) is 0 Å². The molecular formula is C30H28Cl2N2O7S. The quantitative estimate of drug-likeness (QED) is 0.268. The van der Waals surface area contributed by atoms with Gasteiger partial charge < -0.3 is 19.6 Å². The number of hydrogen-bond donors (Lipinski definition) is 2. The number of hydrogen-bond acceptors (Lipinski definition) is 8. The number of furan rings is 1. The zero-order valence-corrected chi connectivity index (χ0v) is 25.1. The Labute approximate surface area is 252 Å². The Bertz CT molecular complexity index is 1790. The summed E-state index contributed by atoms with van der Waals surface area (Å²) in [6.45, 7) is 0.809. The number of sulfone groups is 1. The van der Waals surface area contributed by atoms with Crippen molar-refractivity contribution in [3.8, 4) is 0 Å². The van der Waals surface area contributed by atoms with Crippen LogP contribution in [0.15, 0.2) is 70.2 Å². The van der Waals surface area contributed by atoms with Crippen molar-refractivity contribution in [3.63, 3.8) is 0 Å².